The Labute approximate surface area is 121 Å². The molecule has 2 aliphatic rings. The van der Waals surface area contributed by atoms with Gasteiger partial charge in [0, 0.05) is 18.4 Å². The SMILES string of the molecule is CC(CC(F)(F)F)CS(=O)(=O)N1CC2(CCC2)C1C(=O)O. The standard InChI is InChI=1S/C12H18F3NO4S/c1-8(5-12(13,14)15)6-21(19,20)16-7-11(3-2-4-11)9(16)10(17)18/h8-9H,2-7H2,1H3,(H,17,18). The van der Waals surface area contributed by atoms with Crippen molar-refractivity contribution in [3.05, 3.63) is 0 Å². The molecule has 1 saturated heterocycles. The second-order valence-electron chi connectivity index (χ2n) is 6.20. The molecule has 0 amide bonds. The molecule has 1 spiro atoms. The Hall–Kier alpha value is -0.830. The van der Waals surface area contributed by atoms with Crippen molar-refractivity contribution >= 4 is 16.0 Å². The van der Waals surface area contributed by atoms with Crippen LogP contribution >= 0.6 is 0 Å². The Morgan fingerprint density at radius 1 is 1.43 bits per heavy atom. The number of carbonyl (C=O) groups is 1. The number of hydrogen-bond acceptors (Lipinski definition) is 3. The Morgan fingerprint density at radius 3 is 2.38 bits per heavy atom. The minimum atomic E-state index is -4.43. The number of aliphatic carboxylic acids is 1. The van der Waals surface area contributed by atoms with E-state index in [1.165, 1.54) is 6.92 Å². The topological polar surface area (TPSA) is 74.7 Å². The fraction of sp³-hybridized carbons (Fsp3) is 0.917. The number of carboxylic acid groups (broad SMARTS) is 1. The van der Waals surface area contributed by atoms with Gasteiger partial charge >= 0.3 is 12.1 Å². The number of rotatable bonds is 5. The van der Waals surface area contributed by atoms with Gasteiger partial charge in [0.2, 0.25) is 10.0 Å². The van der Waals surface area contributed by atoms with Crippen LogP contribution in [0.3, 0.4) is 0 Å². The quantitative estimate of drug-likeness (QED) is 0.835. The summed E-state index contributed by atoms with van der Waals surface area (Å²) in [7, 11) is -3.98. The highest BCUT2D eigenvalue weighted by atomic mass is 32.2. The van der Waals surface area contributed by atoms with Crippen molar-refractivity contribution in [2.24, 2.45) is 11.3 Å². The predicted molar refractivity (Wildman–Crippen MR) is 68.0 cm³/mol. The molecule has 2 rings (SSSR count). The van der Waals surface area contributed by atoms with Gasteiger partial charge in [0.05, 0.1) is 5.75 Å². The summed E-state index contributed by atoms with van der Waals surface area (Å²) < 4.78 is 62.0. The summed E-state index contributed by atoms with van der Waals surface area (Å²) in [5.74, 6) is -2.98. The van der Waals surface area contributed by atoms with Crippen LogP contribution < -0.4 is 0 Å². The molecule has 0 radical (unpaired) electrons. The Bertz CT molecular complexity index is 527. The van der Waals surface area contributed by atoms with Gasteiger partial charge in [-0.15, -0.1) is 0 Å². The van der Waals surface area contributed by atoms with Crippen molar-refractivity contribution in [2.45, 2.75) is 44.8 Å². The molecule has 0 aromatic heterocycles. The highest BCUT2D eigenvalue weighted by Gasteiger charge is 2.62. The Balaban J connectivity index is 2.05. The summed E-state index contributed by atoms with van der Waals surface area (Å²) in [6.07, 6.45) is -3.43. The van der Waals surface area contributed by atoms with E-state index in [0.717, 1.165) is 10.7 Å². The summed E-state index contributed by atoms with van der Waals surface area (Å²) in [5.41, 5.74) is -0.494. The highest BCUT2D eigenvalue weighted by molar-refractivity contribution is 7.89. The predicted octanol–water partition coefficient (Wildman–Crippen LogP) is 1.84. The molecule has 0 aromatic rings. The van der Waals surface area contributed by atoms with Crippen LogP contribution in [0, 0.1) is 11.3 Å². The van der Waals surface area contributed by atoms with Gasteiger partial charge in [0.15, 0.2) is 0 Å². The molecule has 1 aliphatic carbocycles. The number of alkyl halides is 3. The maximum absolute atomic E-state index is 12.3. The third kappa shape index (κ3) is 3.18. The van der Waals surface area contributed by atoms with Crippen LogP contribution in [0.15, 0.2) is 0 Å². The van der Waals surface area contributed by atoms with Gasteiger partial charge in [0.1, 0.15) is 6.04 Å². The Morgan fingerprint density at radius 2 is 2.00 bits per heavy atom. The molecule has 2 atom stereocenters. The highest BCUT2D eigenvalue weighted by Crippen LogP contribution is 2.54. The minimum absolute atomic E-state index is 0.116. The molecular weight excluding hydrogens is 311 g/mol. The van der Waals surface area contributed by atoms with Crippen LogP contribution in [-0.2, 0) is 14.8 Å². The van der Waals surface area contributed by atoms with E-state index in [9.17, 15) is 31.5 Å². The molecule has 5 nitrogen and oxygen atoms in total. The average Bonchev–Trinajstić information content (AvgIpc) is 2.05. The largest absolute Gasteiger partial charge is 0.480 e. The number of hydrogen-bond donors (Lipinski definition) is 1. The van der Waals surface area contributed by atoms with Crippen LogP contribution in [0.25, 0.3) is 0 Å². The van der Waals surface area contributed by atoms with E-state index in [1.54, 1.807) is 0 Å². The second kappa shape index (κ2) is 5.12. The van der Waals surface area contributed by atoms with Gasteiger partial charge in [-0.05, 0) is 18.8 Å². The summed E-state index contributed by atoms with van der Waals surface area (Å²) in [6, 6.07) is -1.12. The van der Waals surface area contributed by atoms with Crippen molar-refractivity contribution in [2.75, 3.05) is 12.3 Å². The normalized spacial score (nSPS) is 27.0. The van der Waals surface area contributed by atoms with E-state index in [4.69, 9.17) is 0 Å². The molecule has 2 fully saturated rings. The number of halogens is 3. The monoisotopic (exact) mass is 329 g/mol. The maximum Gasteiger partial charge on any atom is 0.389 e. The van der Waals surface area contributed by atoms with Crippen LogP contribution in [0.4, 0.5) is 13.2 Å². The van der Waals surface area contributed by atoms with Crippen molar-refractivity contribution in [1.29, 1.82) is 0 Å². The van der Waals surface area contributed by atoms with Gasteiger partial charge in [-0.3, -0.25) is 4.79 Å². The third-order valence-electron chi connectivity index (χ3n) is 4.35. The van der Waals surface area contributed by atoms with Gasteiger partial charge in [-0.25, -0.2) is 8.42 Å². The van der Waals surface area contributed by atoms with Crippen molar-refractivity contribution < 1.29 is 31.5 Å². The molecule has 2 unspecified atom stereocenters. The van der Waals surface area contributed by atoms with Gasteiger partial charge < -0.3 is 5.11 Å². The lowest BCUT2D eigenvalue weighted by Gasteiger charge is -2.59. The van der Waals surface area contributed by atoms with Crippen LogP contribution in [0.5, 0.6) is 0 Å². The number of sulfonamides is 1. The first kappa shape index (κ1) is 16.5. The Kier molecular flexibility index (Phi) is 4.03. The van der Waals surface area contributed by atoms with E-state index >= 15 is 0 Å². The van der Waals surface area contributed by atoms with Crippen LogP contribution in [-0.4, -0.2) is 48.3 Å². The number of nitrogens with zero attached hydrogens (tertiary/aromatic N) is 1. The van der Waals surface area contributed by atoms with Gasteiger partial charge in [0.25, 0.3) is 0 Å². The molecule has 1 heterocycles. The van der Waals surface area contributed by atoms with E-state index in [-0.39, 0.29) is 6.54 Å². The van der Waals surface area contributed by atoms with E-state index in [1.807, 2.05) is 0 Å². The molecule has 21 heavy (non-hydrogen) atoms. The zero-order chi connectivity index (χ0) is 16.1. The first-order valence-electron chi connectivity index (χ1n) is 6.76. The summed E-state index contributed by atoms with van der Waals surface area (Å²) in [5, 5.41) is 9.20. The number of carboxylic acids is 1. The first-order valence-corrected chi connectivity index (χ1v) is 8.37. The van der Waals surface area contributed by atoms with Gasteiger partial charge in [-0.2, -0.15) is 17.5 Å². The fourth-order valence-electron chi connectivity index (χ4n) is 3.30. The maximum atomic E-state index is 12.3. The zero-order valence-corrected chi connectivity index (χ0v) is 12.4. The van der Waals surface area contributed by atoms with Crippen LogP contribution in [0.1, 0.15) is 32.6 Å². The van der Waals surface area contributed by atoms with Crippen molar-refractivity contribution in [1.82, 2.24) is 4.31 Å². The fourth-order valence-corrected chi connectivity index (χ4v) is 5.41. The van der Waals surface area contributed by atoms with Gasteiger partial charge in [-0.1, -0.05) is 13.3 Å². The van der Waals surface area contributed by atoms with Crippen LogP contribution in [0.2, 0.25) is 0 Å². The zero-order valence-electron chi connectivity index (χ0n) is 11.6. The average molecular weight is 329 g/mol. The summed E-state index contributed by atoms with van der Waals surface area (Å²) in [6.45, 7) is 1.32. The molecule has 122 valence electrons. The van der Waals surface area contributed by atoms with Crippen molar-refractivity contribution in [3.8, 4) is 0 Å². The molecular formula is C12H18F3NO4S. The molecule has 1 N–H and O–H groups in total. The molecule has 9 heteroatoms. The summed E-state index contributed by atoms with van der Waals surface area (Å²) in [4.78, 5) is 11.3. The molecule has 0 aromatic carbocycles. The summed E-state index contributed by atoms with van der Waals surface area (Å²) >= 11 is 0. The first-order chi connectivity index (χ1) is 9.47. The van der Waals surface area contributed by atoms with E-state index < -0.39 is 51.7 Å². The minimum Gasteiger partial charge on any atom is -0.480 e. The molecule has 1 saturated carbocycles. The smallest absolute Gasteiger partial charge is 0.389 e. The lowest BCUT2D eigenvalue weighted by atomic mass is 9.59. The van der Waals surface area contributed by atoms with Crippen molar-refractivity contribution in [3.63, 3.8) is 0 Å². The van der Waals surface area contributed by atoms with E-state index in [2.05, 4.69) is 0 Å². The lowest BCUT2D eigenvalue weighted by molar-refractivity contribution is -0.164. The second-order valence-corrected chi connectivity index (χ2v) is 8.17. The molecule has 1 aliphatic heterocycles. The third-order valence-corrected chi connectivity index (χ3v) is 6.40. The lowest BCUT2D eigenvalue weighted by Crippen LogP contribution is -2.71. The molecule has 0 bridgehead atoms. The van der Waals surface area contributed by atoms with E-state index in [0.29, 0.717) is 12.8 Å².